The molecule has 0 bridgehead atoms. The van der Waals surface area contributed by atoms with Crippen LogP contribution in [0.1, 0.15) is 11.1 Å². The summed E-state index contributed by atoms with van der Waals surface area (Å²) in [5.74, 6) is -1.66. The molecule has 22 heavy (non-hydrogen) atoms. The first kappa shape index (κ1) is 15.2. The Morgan fingerprint density at radius 3 is 2.59 bits per heavy atom. The van der Waals surface area contributed by atoms with Crippen LogP contribution >= 0.6 is 0 Å². The predicted molar refractivity (Wildman–Crippen MR) is 79.9 cm³/mol. The highest BCUT2D eigenvalue weighted by Gasteiger charge is 2.11. The monoisotopic (exact) mass is 298 g/mol. The van der Waals surface area contributed by atoms with Crippen molar-refractivity contribution in [3.05, 3.63) is 59.9 Å². The van der Waals surface area contributed by atoms with Crippen LogP contribution in [0.15, 0.2) is 53.9 Å². The summed E-state index contributed by atoms with van der Waals surface area (Å²) >= 11 is 0. The van der Waals surface area contributed by atoms with Crippen molar-refractivity contribution in [2.24, 2.45) is 5.10 Å². The van der Waals surface area contributed by atoms with E-state index in [1.54, 1.807) is 42.7 Å². The highest BCUT2D eigenvalue weighted by molar-refractivity contribution is 6.35. The standard InChI is InChI=1S/C15H14N4O3/c20-13-4-2-1-3-12(13)10-18-19-15(22)14(21)17-9-11-5-7-16-8-6-11/h1-8,10,20H,9H2,(H,17,21)(H,19,22)/b18-10-. The normalized spacial score (nSPS) is 10.4. The van der Waals surface area contributed by atoms with Crippen molar-refractivity contribution >= 4 is 18.0 Å². The molecule has 7 heteroatoms. The number of rotatable bonds is 4. The van der Waals surface area contributed by atoms with E-state index in [1.165, 1.54) is 12.3 Å². The van der Waals surface area contributed by atoms with E-state index in [2.05, 4.69) is 20.8 Å². The lowest BCUT2D eigenvalue weighted by atomic mass is 10.2. The van der Waals surface area contributed by atoms with Gasteiger partial charge in [0, 0.05) is 24.5 Å². The first-order valence-electron chi connectivity index (χ1n) is 6.45. The van der Waals surface area contributed by atoms with Crippen LogP contribution in [-0.4, -0.2) is 28.1 Å². The van der Waals surface area contributed by atoms with Gasteiger partial charge in [-0.05, 0) is 29.8 Å². The summed E-state index contributed by atoms with van der Waals surface area (Å²) in [5, 5.41) is 15.6. The van der Waals surface area contributed by atoms with Gasteiger partial charge in [0.2, 0.25) is 0 Å². The zero-order valence-corrected chi connectivity index (χ0v) is 11.6. The van der Waals surface area contributed by atoms with Gasteiger partial charge in [-0.2, -0.15) is 5.10 Å². The van der Waals surface area contributed by atoms with E-state index in [1.807, 2.05) is 0 Å². The van der Waals surface area contributed by atoms with Crippen LogP contribution in [-0.2, 0) is 16.1 Å². The zero-order chi connectivity index (χ0) is 15.8. The average Bonchev–Trinajstić information content (AvgIpc) is 2.55. The summed E-state index contributed by atoms with van der Waals surface area (Å²) in [7, 11) is 0. The molecule has 0 aliphatic rings. The molecule has 0 spiro atoms. The summed E-state index contributed by atoms with van der Waals surface area (Å²) < 4.78 is 0. The Hall–Kier alpha value is -3.22. The van der Waals surface area contributed by atoms with Gasteiger partial charge in [0.05, 0.1) is 6.21 Å². The molecule has 0 aliphatic carbocycles. The highest BCUT2D eigenvalue weighted by Crippen LogP contribution is 2.12. The molecule has 1 aromatic carbocycles. The zero-order valence-electron chi connectivity index (χ0n) is 11.6. The van der Waals surface area contributed by atoms with E-state index in [9.17, 15) is 14.7 Å². The summed E-state index contributed by atoms with van der Waals surface area (Å²) in [6.07, 6.45) is 4.44. The maximum atomic E-state index is 11.6. The number of phenolic OH excluding ortho intramolecular Hbond substituents is 1. The first-order valence-corrected chi connectivity index (χ1v) is 6.45. The molecule has 0 fully saturated rings. The van der Waals surface area contributed by atoms with Crippen molar-refractivity contribution in [2.75, 3.05) is 0 Å². The second-order valence-electron chi connectivity index (χ2n) is 4.30. The minimum absolute atomic E-state index is 0.0302. The number of aromatic nitrogens is 1. The van der Waals surface area contributed by atoms with Crippen LogP contribution in [0.25, 0.3) is 0 Å². The SMILES string of the molecule is O=C(NCc1ccncc1)C(=O)N/N=C\c1ccccc1O. The largest absolute Gasteiger partial charge is 0.507 e. The highest BCUT2D eigenvalue weighted by atomic mass is 16.3. The number of phenols is 1. The third-order valence-electron chi connectivity index (χ3n) is 2.72. The fraction of sp³-hybridized carbons (Fsp3) is 0.0667. The molecular weight excluding hydrogens is 284 g/mol. The second kappa shape index (κ2) is 7.53. The van der Waals surface area contributed by atoms with E-state index in [4.69, 9.17) is 0 Å². The van der Waals surface area contributed by atoms with Crippen LogP contribution in [0.5, 0.6) is 5.75 Å². The summed E-state index contributed by atoms with van der Waals surface area (Å²) in [4.78, 5) is 26.9. The van der Waals surface area contributed by atoms with Gasteiger partial charge in [0.1, 0.15) is 5.75 Å². The van der Waals surface area contributed by atoms with Crippen molar-refractivity contribution in [1.82, 2.24) is 15.7 Å². The van der Waals surface area contributed by atoms with E-state index < -0.39 is 11.8 Å². The Bertz CT molecular complexity index is 686. The molecule has 2 rings (SSSR count). The quantitative estimate of drug-likeness (QED) is 0.435. The molecule has 0 saturated heterocycles. The van der Waals surface area contributed by atoms with Crippen molar-refractivity contribution in [1.29, 1.82) is 0 Å². The molecule has 0 atom stereocenters. The number of amides is 2. The maximum Gasteiger partial charge on any atom is 0.329 e. The number of hydrogen-bond acceptors (Lipinski definition) is 5. The lowest BCUT2D eigenvalue weighted by Crippen LogP contribution is -2.37. The van der Waals surface area contributed by atoms with Crippen LogP contribution in [0.2, 0.25) is 0 Å². The van der Waals surface area contributed by atoms with Crippen LogP contribution in [0.3, 0.4) is 0 Å². The van der Waals surface area contributed by atoms with Gasteiger partial charge in [-0.3, -0.25) is 14.6 Å². The average molecular weight is 298 g/mol. The molecule has 112 valence electrons. The van der Waals surface area contributed by atoms with Gasteiger partial charge in [-0.1, -0.05) is 12.1 Å². The van der Waals surface area contributed by atoms with Crippen LogP contribution in [0, 0.1) is 0 Å². The fourth-order valence-corrected chi connectivity index (χ4v) is 1.57. The van der Waals surface area contributed by atoms with E-state index >= 15 is 0 Å². The lowest BCUT2D eigenvalue weighted by Gasteiger charge is -2.03. The topological polar surface area (TPSA) is 104 Å². The Morgan fingerprint density at radius 2 is 1.86 bits per heavy atom. The third-order valence-corrected chi connectivity index (χ3v) is 2.72. The van der Waals surface area contributed by atoms with Crippen molar-refractivity contribution < 1.29 is 14.7 Å². The minimum atomic E-state index is -0.888. The molecule has 7 nitrogen and oxygen atoms in total. The van der Waals surface area contributed by atoms with E-state index in [0.717, 1.165) is 5.56 Å². The van der Waals surface area contributed by atoms with Gasteiger partial charge in [-0.15, -0.1) is 0 Å². The van der Waals surface area contributed by atoms with Crippen molar-refractivity contribution in [3.8, 4) is 5.75 Å². The molecule has 1 heterocycles. The fourth-order valence-electron chi connectivity index (χ4n) is 1.57. The number of carbonyl (C=O) groups is 2. The number of carbonyl (C=O) groups excluding carboxylic acids is 2. The molecule has 1 aromatic heterocycles. The second-order valence-corrected chi connectivity index (χ2v) is 4.30. The predicted octanol–water partition coefficient (Wildman–Crippen LogP) is 0.554. The number of hydrazone groups is 1. The minimum Gasteiger partial charge on any atom is -0.507 e. The van der Waals surface area contributed by atoms with Crippen molar-refractivity contribution in [2.45, 2.75) is 6.54 Å². The number of nitrogens with zero attached hydrogens (tertiary/aromatic N) is 2. The molecule has 2 aromatic rings. The number of aromatic hydroxyl groups is 1. The summed E-state index contributed by atoms with van der Waals surface area (Å²) in [5.41, 5.74) is 3.35. The Balaban J connectivity index is 1.82. The Morgan fingerprint density at radius 1 is 1.14 bits per heavy atom. The molecule has 2 amide bonds. The molecule has 3 N–H and O–H groups in total. The smallest absolute Gasteiger partial charge is 0.329 e. The first-order chi connectivity index (χ1) is 10.7. The van der Waals surface area contributed by atoms with Crippen LogP contribution < -0.4 is 10.7 Å². The molecule has 0 saturated carbocycles. The maximum absolute atomic E-state index is 11.6. The Kier molecular flexibility index (Phi) is 5.20. The van der Waals surface area contributed by atoms with Gasteiger partial charge < -0.3 is 10.4 Å². The summed E-state index contributed by atoms with van der Waals surface area (Å²) in [6, 6.07) is 9.95. The Labute approximate surface area is 126 Å². The molecular formula is C15H14N4O3. The third kappa shape index (κ3) is 4.41. The summed E-state index contributed by atoms with van der Waals surface area (Å²) in [6.45, 7) is 0.220. The van der Waals surface area contributed by atoms with E-state index in [-0.39, 0.29) is 12.3 Å². The number of hydrogen-bond donors (Lipinski definition) is 3. The number of para-hydroxylation sites is 1. The molecule has 0 aliphatic heterocycles. The number of nitrogens with one attached hydrogen (secondary N) is 2. The lowest BCUT2D eigenvalue weighted by molar-refractivity contribution is -0.139. The van der Waals surface area contributed by atoms with E-state index in [0.29, 0.717) is 5.56 Å². The number of benzene rings is 1. The van der Waals surface area contributed by atoms with Gasteiger partial charge in [0.15, 0.2) is 0 Å². The van der Waals surface area contributed by atoms with Gasteiger partial charge in [-0.25, -0.2) is 5.43 Å². The molecule has 0 radical (unpaired) electrons. The van der Waals surface area contributed by atoms with Gasteiger partial charge in [0.25, 0.3) is 0 Å². The number of pyridine rings is 1. The molecule has 0 unspecified atom stereocenters. The van der Waals surface area contributed by atoms with Gasteiger partial charge >= 0.3 is 11.8 Å². The van der Waals surface area contributed by atoms with Crippen molar-refractivity contribution in [3.63, 3.8) is 0 Å². The van der Waals surface area contributed by atoms with Crippen LogP contribution in [0.4, 0.5) is 0 Å².